The van der Waals surface area contributed by atoms with Crippen molar-refractivity contribution >= 4 is 5.82 Å². The lowest BCUT2D eigenvalue weighted by Gasteiger charge is -2.35. The first kappa shape index (κ1) is 17.9. The maximum atomic E-state index is 12.3. The van der Waals surface area contributed by atoms with Crippen LogP contribution in [0.4, 0.5) is 19.0 Å². The van der Waals surface area contributed by atoms with Gasteiger partial charge in [-0.3, -0.25) is 4.90 Å². The standard InChI is InChI=1S/C17H16F3N5O/c18-17(19,20)26-14-3-1-2-13(10-14)12-24-6-8-25(9-7-24)16-15(11-21)22-4-5-23-16/h1-5,10H,6-9,12H2. The molecule has 9 heteroatoms. The molecule has 1 fully saturated rings. The lowest BCUT2D eigenvalue weighted by molar-refractivity contribution is -0.274. The van der Waals surface area contributed by atoms with Crippen molar-refractivity contribution in [1.29, 1.82) is 5.26 Å². The molecule has 0 aliphatic carbocycles. The third kappa shape index (κ3) is 4.61. The summed E-state index contributed by atoms with van der Waals surface area (Å²) < 4.78 is 40.9. The SMILES string of the molecule is N#Cc1nccnc1N1CCN(Cc2cccc(OC(F)(F)F)c2)CC1. The second kappa shape index (κ2) is 7.58. The first-order valence-corrected chi connectivity index (χ1v) is 7.98. The van der Waals surface area contributed by atoms with Crippen molar-refractivity contribution in [3.8, 4) is 11.8 Å². The summed E-state index contributed by atoms with van der Waals surface area (Å²) in [6.07, 6.45) is -1.66. The fraction of sp³-hybridized carbons (Fsp3) is 0.353. The highest BCUT2D eigenvalue weighted by Crippen LogP contribution is 2.24. The average Bonchev–Trinajstić information content (AvgIpc) is 2.61. The first-order chi connectivity index (χ1) is 12.4. The lowest BCUT2D eigenvalue weighted by Crippen LogP contribution is -2.46. The van der Waals surface area contributed by atoms with E-state index in [1.54, 1.807) is 18.3 Å². The number of hydrogen-bond donors (Lipinski definition) is 0. The number of ether oxygens (including phenoxy) is 1. The summed E-state index contributed by atoms with van der Waals surface area (Å²) in [5.41, 5.74) is 1.04. The normalized spacial score (nSPS) is 15.5. The van der Waals surface area contributed by atoms with Crippen molar-refractivity contribution in [1.82, 2.24) is 14.9 Å². The molecule has 0 spiro atoms. The first-order valence-electron chi connectivity index (χ1n) is 7.98. The molecular weight excluding hydrogens is 347 g/mol. The molecule has 1 aromatic carbocycles. The molecule has 3 rings (SSSR count). The molecule has 0 N–H and O–H groups in total. The van der Waals surface area contributed by atoms with Crippen LogP contribution in [0.2, 0.25) is 0 Å². The molecular formula is C17H16F3N5O. The molecule has 26 heavy (non-hydrogen) atoms. The summed E-state index contributed by atoms with van der Waals surface area (Å²) in [5, 5.41) is 9.12. The van der Waals surface area contributed by atoms with Crippen LogP contribution in [0.1, 0.15) is 11.3 Å². The van der Waals surface area contributed by atoms with Gasteiger partial charge in [0.2, 0.25) is 0 Å². The van der Waals surface area contributed by atoms with Gasteiger partial charge in [-0.2, -0.15) is 5.26 Å². The molecule has 0 radical (unpaired) electrons. The van der Waals surface area contributed by atoms with Crippen molar-refractivity contribution in [2.75, 3.05) is 31.1 Å². The Kier molecular flexibility index (Phi) is 5.23. The second-order valence-corrected chi connectivity index (χ2v) is 5.80. The van der Waals surface area contributed by atoms with E-state index in [9.17, 15) is 13.2 Å². The van der Waals surface area contributed by atoms with Crippen molar-refractivity contribution in [2.45, 2.75) is 12.9 Å². The van der Waals surface area contributed by atoms with Gasteiger partial charge in [-0.05, 0) is 17.7 Å². The van der Waals surface area contributed by atoms with Crippen LogP contribution in [0, 0.1) is 11.3 Å². The zero-order valence-corrected chi connectivity index (χ0v) is 13.8. The Labute approximate surface area is 148 Å². The molecule has 136 valence electrons. The number of nitrogens with zero attached hydrogens (tertiary/aromatic N) is 5. The van der Waals surface area contributed by atoms with E-state index in [2.05, 4.69) is 19.6 Å². The number of hydrogen-bond acceptors (Lipinski definition) is 6. The third-order valence-corrected chi connectivity index (χ3v) is 3.99. The van der Waals surface area contributed by atoms with E-state index in [0.29, 0.717) is 38.5 Å². The molecule has 2 heterocycles. The zero-order valence-electron chi connectivity index (χ0n) is 13.8. The maximum Gasteiger partial charge on any atom is 0.573 e. The summed E-state index contributed by atoms with van der Waals surface area (Å²) in [4.78, 5) is 12.4. The van der Waals surface area contributed by atoms with Crippen LogP contribution in [-0.4, -0.2) is 47.4 Å². The highest BCUT2D eigenvalue weighted by atomic mass is 19.4. The summed E-state index contributed by atoms with van der Waals surface area (Å²) in [7, 11) is 0. The molecule has 0 saturated carbocycles. The number of piperazine rings is 1. The Balaban J connectivity index is 1.59. The highest BCUT2D eigenvalue weighted by molar-refractivity contribution is 5.49. The van der Waals surface area contributed by atoms with Gasteiger partial charge in [-0.1, -0.05) is 12.1 Å². The summed E-state index contributed by atoms with van der Waals surface area (Å²) >= 11 is 0. The summed E-state index contributed by atoms with van der Waals surface area (Å²) in [6.45, 7) is 3.24. The smallest absolute Gasteiger partial charge is 0.406 e. The van der Waals surface area contributed by atoms with Crippen LogP contribution >= 0.6 is 0 Å². The molecule has 0 bridgehead atoms. The number of aromatic nitrogens is 2. The molecule has 1 aromatic heterocycles. The fourth-order valence-corrected chi connectivity index (χ4v) is 2.86. The number of alkyl halides is 3. The predicted molar refractivity (Wildman–Crippen MR) is 87.4 cm³/mol. The van der Waals surface area contributed by atoms with E-state index in [1.165, 1.54) is 18.3 Å². The number of anilines is 1. The van der Waals surface area contributed by atoms with E-state index in [0.717, 1.165) is 5.56 Å². The van der Waals surface area contributed by atoms with Crippen molar-refractivity contribution < 1.29 is 17.9 Å². The zero-order chi connectivity index (χ0) is 18.6. The van der Waals surface area contributed by atoms with Gasteiger partial charge in [0, 0.05) is 45.1 Å². The minimum Gasteiger partial charge on any atom is -0.406 e. The summed E-state index contributed by atoms with van der Waals surface area (Å²) in [5.74, 6) is 0.349. The molecule has 0 unspecified atom stereocenters. The van der Waals surface area contributed by atoms with Crippen molar-refractivity contribution in [3.05, 3.63) is 47.9 Å². The van der Waals surface area contributed by atoms with Gasteiger partial charge >= 0.3 is 6.36 Å². The molecule has 0 atom stereocenters. The van der Waals surface area contributed by atoms with Gasteiger partial charge < -0.3 is 9.64 Å². The maximum absolute atomic E-state index is 12.3. The largest absolute Gasteiger partial charge is 0.573 e. The van der Waals surface area contributed by atoms with E-state index >= 15 is 0 Å². The molecule has 2 aromatic rings. The van der Waals surface area contributed by atoms with Crippen LogP contribution < -0.4 is 9.64 Å². The number of rotatable bonds is 4. The van der Waals surface area contributed by atoms with Crippen LogP contribution in [0.3, 0.4) is 0 Å². The Bertz CT molecular complexity index is 797. The lowest BCUT2D eigenvalue weighted by atomic mass is 10.2. The van der Waals surface area contributed by atoms with Crippen LogP contribution in [0.5, 0.6) is 5.75 Å². The molecule has 1 aliphatic heterocycles. The molecule has 1 saturated heterocycles. The van der Waals surface area contributed by atoms with Gasteiger partial charge in [0.15, 0.2) is 11.5 Å². The number of halogens is 3. The molecule has 0 amide bonds. The van der Waals surface area contributed by atoms with E-state index < -0.39 is 6.36 Å². The Morgan fingerprint density at radius 1 is 1.12 bits per heavy atom. The van der Waals surface area contributed by atoms with Gasteiger partial charge in [0.1, 0.15) is 11.8 Å². The van der Waals surface area contributed by atoms with E-state index in [4.69, 9.17) is 5.26 Å². The van der Waals surface area contributed by atoms with E-state index in [1.807, 2.05) is 11.0 Å². The number of benzene rings is 1. The Morgan fingerprint density at radius 3 is 2.54 bits per heavy atom. The van der Waals surface area contributed by atoms with Crippen LogP contribution in [-0.2, 0) is 6.54 Å². The van der Waals surface area contributed by atoms with Crippen molar-refractivity contribution in [2.24, 2.45) is 0 Å². The monoisotopic (exact) mass is 363 g/mol. The van der Waals surface area contributed by atoms with Gasteiger partial charge in [0.25, 0.3) is 0 Å². The van der Waals surface area contributed by atoms with Gasteiger partial charge in [0.05, 0.1) is 0 Å². The van der Waals surface area contributed by atoms with Gasteiger partial charge in [-0.25, -0.2) is 9.97 Å². The Morgan fingerprint density at radius 2 is 1.85 bits per heavy atom. The highest BCUT2D eigenvalue weighted by Gasteiger charge is 2.31. The minimum atomic E-state index is -4.70. The predicted octanol–water partition coefficient (Wildman–Crippen LogP) is 2.57. The summed E-state index contributed by atoms with van der Waals surface area (Å²) in [6, 6.07) is 8.03. The van der Waals surface area contributed by atoms with Gasteiger partial charge in [-0.15, -0.1) is 13.2 Å². The third-order valence-electron chi connectivity index (χ3n) is 3.99. The molecule has 1 aliphatic rings. The average molecular weight is 363 g/mol. The molecule has 6 nitrogen and oxygen atoms in total. The Hall–Kier alpha value is -2.86. The van der Waals surface area contributed by atoms with Crippen LogP contribution in [0.25, 0.3) is 0 Å². The van der Waals surface area contributed by atoms with Crippen molar-refractivity contribution in [3.63, 3.8) is 0 Å². The quantitative estimate of drug-likeness (QED) is 0.832. The second-order valence-electron chi connectivity index (χ2n) is 5.80. The van der Waals surface area contributed by atoms with E-state index in [-0.39, 0.29) is 11.4 Å². The fourth-order valence-electron chi connectivity index (χ4n) is 2.86. The number of nitriles is 1. The minimum absolute atomic E-state index is 0.216. The topological polar surface area (TPSA) is 65.3 Å². The van der Waals surface area contributed by atoms with Crippen LogP contribution in [0.15, 0.2) is 36.7 Å².